The zero-order valence-electron chi connectivity index (χ0n) is 21.0. The third-order valence-corrected chi connectivity index (χ3v) is 9.10. The van der Waals surface area contributed by atoms with Crippen LogP contribution in [0.1, 0.15) is 26.3 Å². The fourth-order valence-electron chi connectivity index (χ4n) is 5.96. The number of aromatic nitrogens is 1. The first-order chi connectivity index (χ1) is 18.6. The first-order valence-electron chi connectivity index (χ1n) is 13.2. The predicted molar refractivity (Wildman–Crippen MR) is 152 cm³/mol. The number of nitrogens with one attached hydrogen (secondary N) is 1. The maximum atomic E-state index is 12.9. The molecular weight excluding hydrogens is 492 g/mol. The van der Waals surface area contributed by atoms with Crippen LogP contribution in [0.3, 0.4) is 0 Å². The molecule has 2 heterocycles. The van der Waals surface area contributed by atoms with Crippen LogP contribution in [0.15, 0.2) is 78.9 Å². The van der Waals surface area contributed by atoms with E-state index in [4.69, 9.17) is 4.37 Å². The van der Waals surface area contributed by atoms with Gasteiger partial charge in [-0.2, -0.15) is 4.37 Å². The molecule has 0 spiro atoms. The summed E-state index contributed by atoms with van der Waals surface area (Å²) in [6, 6.07) is 21.5. The second-order valence-corrected chi connectivity index (χ2v) is 11.2. The van der Waals surface area contributed by atoms with Crippen LogP contribution in [-0.4, -0.2) is 60.2 Å². The van der Waals surface area contributed by atoms with Crippen molar-refractivity contribution in [2.75, 3.05) is 44.2 Å². The molecule has 1 amide bonds. The molecule has 6 nitrogen and oxygen atoms in total. The molecule has 0 radical (unpaired) electrons. The number of piperazine rings is 1. The highest BCUT2D eigenvalue weighted by atomic mass is 32.1. The van der Waals surface area contributed by atoms with E-state index in [1.807, 2.05) is 36.4 Å². The number of benzene rings is 3. The van der Waals surface area contributed by atoms with Crippen molar-refractivity contribution < 1.29 is 9.59 Å². The van der Waals surface area contributed by atoms with Gasteiger partial charge in [-0.25, -0.2) is 0 Å². The van der Waals surface area contributed by atoms with Gasteiger partial charge in [-0.05, 0) is 46.9 Å². The van der Waals surface area contributed by atoms with E-state index in [2.05, 4.69) is 46.0 Å². The highest BCUT2D eigenvalue weighted by Gasteiger charge is 2.43. The topological polar surface area (TPSA) is 65.5 Å². The zero-order valence-corrected chi connectivity index (χ0v) is 21.8. The highest BCUT2D eigenvalue weighted by molar-refractivity contribution is 7.13. The van der Waals surface area contributed by atoms with Crippen molar-refractivity contribution in [2.45, 2.75) is 0 Å². The number of amides is 1. The van der Waals surface area contributed by atoms with E-state index < -0.39 is 0 Å². The second-order valence-electron chi connectivity index (χ2n) is 10.4. The Kier molecular flexibility index (Phi) is 5.64. The number of hydrogen-bond donors (Lipinski definition) is 1. The molecule has 0 bridgehead atoms. The molecule has 2 fully saturated rings. The maximum Gasteiger partial charge on any atom is 0.251 e. The van der Waals surface area contributed by atoms with E-state index in [1.165, 1.54) is 15.7 Å². The summed E-state index contributed by atoms with van der Waals surface area (Å²) in [5, 5.41) is 4.33. The highest BCUT2D eigenvalue weighted by Crippen LogP contribution is 2.44. The van der Waals surface area contributed by atoms with Crippen LogP contribution in [0.2, 0.25) is 0 Å². The molecule has 1 aliphatic heterocycles. The average molecular weight is 521 g/mol. The quantitative estimate of drug-likeness (QED) is 0.324. The molecule has 190 valence electrons. The lowest BCUT2D eigenvalue weighted by Gasteiger charge is -2.35. The molecular formula is C31H28N4O2S. The lowest BCUT2D eigenvalue weighted by Crippen LogP contribution is -2.47. The smallest absolute Gasteiger partial charge is 0.251 e. The summed E-state index contributed by atoms with van der Waals surface area (Å²) < 4.78 is 5.95. The number of fused-ring (bicyclic) bond motifs is 4. The number of rotatable bonds is 6. The van der Waals surface area contributed by atoms with Crippen molar-refractivity contribution >= 4 is 39.1 Å². The van der Waals surface area contributed by atoms with Gasteiger partial charge in [0.15, 0.2) is 5.78 Å². The lowest BCUT2D eigenvalue weighted by molar-refractivity contribution is 0.0951. The minimum Gasteiger partial charge on any atom is -0.353 e. The van der Waals surface area contributed by atoms with Gasteiger partial charge in [-0.3, -0.25) is 14.5 Å². The molecule has 0 unspecified atom stereocenters. The lowest BCUT2D eigenvalue weighted by atomic mass is 10.0. The molecule has 1 aromatic heterocycles. The Balaban J connectivity index is 0.924. The molecule has 4 aromatic rings. The van der Waals surface area contributed by atoms with Crippen LogP contribution in [0, 0.1) is 11.8 Å². The fourth-order valence-corrected chi connectivity index (χ4v) is 6.75. The summed E-state index contributed by atoms with van der Waals surface area (Å²) in [7, 11) is 0. The molecule has 1 saturated heterocycles. The van der Waals surface area contributed by atoms with Gasteiger partial charge in [-0.15, -0.1) is 0 Å². The second kappa shape index (κ2) is 9.19. The van der Waals surface area contributed by atoms with Gasteiger partial charge in [-0.1, -0.05) is 54.6 Å². The van der Waals surface area contributed by atoms with Crippen LogP contribution in [-0.2, 0) is 0 Å². The maximum absolute atomic E-state index is 12.9. The van der Waals surface area contributed by atoms with Gasteiger partial charge in [0.25, 0.3) is 5.91 Å². The van der Waals surface area contributed by atoms with Gasteiger partial charge in [0, 0.05) is 73.2 Å². The van der Waals surface area contributed by atoms with Crippen LogP contribution in [0.4, 0.5) is 5.82 Å². The van der Waals surface area contributed by atoms with Crippen molar-refractivity contribution in [3.05, 3.63) is 95.6 Å². The van der Waals surface area contributed by atoms with E-state index in [9.17, 15) is 9.59 Å². The van der Waals surface area contributed by atoms with E-state index in [0.29, 0.717) is 35.1 Å². The van der Waals surface area contributed by atoms with Crippen molar-refractivity contribution in [1.29, 1.82) is 0 Å². The molecule has 2 atom stereocenters. The Morgan fingerprint density at radius 2 is 1.66 bits per heavy atom. The Bertz CT molecular complexity index is 1600. The Hall–Kier alpha value is -3.81. The summed E-state index contributed by atoms with van der Waals surface area (Å²) in [4.78, 5) is 30.6. The standard InChI is InChI=1S/C31H28N4O2S/c1-19-26(17-32-31(37)20-10-11-22-21-6-2-3-7-23(21)29(36)25(22)16-20)27(19)18-34-12-14-35(15-13-34)30-24-8-4-5-9-28(24)38-33-30/h2-11,16,26-27H,1,12-15,17-18H2,(H,32,37)/t26-,27-/m0/s1. The van der Waals surface area contributed by atoms with E-state index >= 15 is 0 Å². The third-order valence-electron chi connectivity index (χ3n) is 8.29. The number of carbonyl (C=O) groups excluding carboxylic acids is 2. The average Bonchev–Trinajstić information content (AvgIpc) is 3.26. The predicted octanol–water partition coefficient (Wildman–Crippen LogP) is 4.86. The normalized spacial score (nSPS) is 20.5. The number of nitrogens with zero attached hydrogens (tertiary/aromatic N) is 3. The van der Waals surface area contributed by atoms with Gasteiger partial charge >= 0.3 is 0 Å². The van der Waals surface area contributed by atoms with Gasteiger partial charge in [0.2, 0.25) is 0 Å². The van der Waals surface area contributed by atoms with Crippen molar-refractivity contribution in [3.8, 4) is 11.1 Å². The van der Waals surface area contributed by atoms with Crippen LogP contribution in [0.25, 0.3) is 21.2 Å². The van der Waals surface area contributed by atoms with E-state index in [-0.39, 0.29) is 11.7 Å². The largest absolute Gasteiger partial charge is 0.353 e. The van der Waals surface area contributed by atoms with Crippen molar-refractivity contribution in [1.82, 2.24) is 14.6 Å². The molecule has 38 heavy (non-hydrogen) atoms. The number of hydrogen-bond acceptors (Lipinski definition) is 6. The fraction of sp³-hybridized carbons (Fsp3) is 0.258. The molecule has 7 rings (SSSR count). The number of anilines is 1. The van der Waals surface area contributed by atoms with Crippen molar-refractivity contribution in [3.63, 3.8) is 0 Å². The van der Waals surface area contributed by atoms with E-state index in [1.54, 1.807) is 17.6 Å². The van der Waals surface area contributed by atoms with Gasteiger partial charge < -0.3 is 10.2 Å². The molecule has 2 aliphatic carbocycles. The minimum atomic E-state index is -0.140. The molecule has 1 saturated carbocycles. The summed E-state index contributed by atoms with van der Waals surface area (Å²) in [5.41, 5.74) is 4.91. The molecule has 3 aromatic carbocycles. The Morgan fingerprint density at radius 1 is 0.921 bits per heavy atom. The van der Waals surface area contributed by atoms with Crippen LogP contribution < -0.4 is 10.2 Å². The summed E-state index contributed by atoms with van der Waals surface area (Å²) >= 11 is 1.57. The van der Waals surface area contributed by atoms with Gasteiger partial charge in [0.05, 0.1) is 4.70 Å². The minimum absolute atomic E-state index is 0.0102. The first kappa shape index (κ1) is 23.3. The summed E-state index contributed by atoms with van der Waals surface area (Å²) in [6.45, 7) is 9.77. The summed E-state index contributed by atoms with van der Waals surface area (Å²) in [6.07, 6.45) is 0. The first-order valence-corrected chi connectivity index (χ1v) is 13.9. The number of carbonyl (C=O) groups is 2. The van der Waals surface area contributed by atoms with Crippen LogP contribution >= 0.6 is 11.5 Å². The van der Waals surface area contributed by atoms with Crippen molar-refractivity contribution in [2.24, 2.45) is 11.8 Å². The van der Waals surface area contributed by atoms with Gasteiger partial charge in [0.1, 0.15) is 5.82 Å². The third kappa shape index (κ3) is 3.94. The molecule has 1 N–H and O–H groups in total. The zero-order chi connectivity index (χ0) is 25.8. The molecule has 3 aliphatic rings. The number of ketones is 1. The Labute approximate surface area is 225 Å². The Morgan fingerprint density at radius 3 is 2.50 bits per heavy atom. The SMILES string of the molecule is C=C1[C@H](CNC(=O)c2ccc3c(c2)C(=O)c2ccccc2-3)[C@H]1CN1CCN(c2nsc3ccccc23)CC1. The summed E-state index contributed by atoms with van der Waals surface area (Å²) in [5.74, 6) is 1.68. The molecule has 7 heteroatoms. The van der Waals surface area contributed by atoms with E-state index in [0.717, 1.165) is 49.7 Å². The van der Waals surface area contributed by atoms with Crippen LogP contribution in [0.5, 0.6) is 0 Å². The monoisotopic (exact) mass is 520 g/mol.